The molecule has 0 heterocycles. The summed E-state index contributed by atoms with van der Waals surface area (Å²) in [4.78, 5) is 57.9. The van der Waals surface area contributed by atoms with Crippen molar-refractivity contribution in [3.8, 4) is 0 Å². The Balaban J connectivity index is 0. The van der Waals surface area contributed by atoms with Gasteiger partial charge in [-0.2, -0.15) is 0 Å². The normalized spacial score (nSPS) is 10.2. The third-order valence-electron chi connectivity index (χ3n) is 4.27. The molecule has 0 aromatic rings. The highest BCUT2D eigenvalue weighted by Crippen LogP contribution is 2.32. The van der Waals surface area contributed by atoms with Crippen LogP contribution in [0.4, 0.5) is 0 Å². The summed E-state index contributed by atoms with van der Waals surface area (Å²) >= 11 is 0. The lowest BCUT2D eigenvalue weighted by Gasteiger charge is -2.27. The van der Waals surface area contributed by atoms with Gasteiger partial charge in [-0.15, -0.1) is 13.2 Å². The molecule has 188 valence electrons. The lowest BCUT2D eigenvalue weighted by molar-refractivity contribution is -0.172. The standard InChI is InChI=1S/C14H22O5.C10H16O4/c1-5-9-14(10-8-11(4)15,12(16)18-6-2)13(17)19-7-3;1-4-7-8(9(11)13-5-2)10(12)14-6-3/h5H,1,6-10H2,2-4H3;4,8H,1,5-7H2,2-3H3. The molecule has 0 bridgehead atoms. The minimum absolute atomic E-state index is 0.0754. The number of carbonyl (C=O) groups excluding carboxylic acids is 5. The number of ketones is 1. The van der Waals surface area contributed by atoms with Crippen LogP contribution in [0.15, 0.2) is 25.3 Å². The van der Waals surface area contributed by atoms with E-state index in [0.29, 0.717) is 0 Å². The first-order valence-electron chi connectivity index (χ1n) is 11.0. The maximum atomic E-state index is 12.1. The molecule has 0 radical (unpaired) electrons. The van der Waals surface area contributed by atoms with Gasteiger partial charge in [0.05, 0.1) is 26.4 Å². The maximum absolute atomic E-state index is 12.1. The fourth-order valence-electron chi connectivity index (χ4n) is 2.67. The van der Waals surface area contributed by atoms with Crippen LogP contribution in [-0.2, 0) is 42.9 Å². The third kappa shape index (κ3) is 12.0. The van der Waals surface area contributed by atoms with Crippen molar-refractivity contribution in [1.82, 2.24) is 0 Å². The predicted molar refractivity (Wildman–Crippen MR) is 122 cm³/mol. The van der Waals surface area contributed by atoms with Gasteiger partial charge in [-0.25, -0.2) is 0 Å². The fraction of sp³-hybridized carbons (Fsp3) is 0.625. The molecule has 0 N–H and O–H groups in total. The van der Waals surface area contributed by atoms with E-state index in [-0.39, 0.29) is 57.9 Å². The van der Waals surface area contributed by atoms with Crippen LogP contribution in [0.1, 0.15) is 60.3 Å². The summed E-state index contributed by atoms with van der Waals surface area (Å²) in [6.45, 7) is 16.0. The Kier molecular flexibility index (Phi) is 18.1. The summed E-state index contributed by atoms with van der Waals surface area (Å²) in [6.07, 6.45) is 3.50. The molecule has 9 heteroatoms. The SMILES string of the molecule is C=CCC(C(=O)OCC)C(=O)OCC.C=CCC(CCC(C)=O)(C(=O)OCC)C(=O)OCC. The number of hydrogen-bond acceptors (Lipinski definition) is 9. The monoisotopic (exact) mass is 470 g/mol. The summed E-state index contributed by atoms with van der Waals surface area (Å²) in [7, 11) is 0. The van der Waals surface area contributed by atoms with Gasteiger partial charge < -0.3 is 23.7 Å². The van der Waals surface area contributed by atoms with Gasteiger partial charge in [0.15, 0.2) is 11.3 Å². The van der Waals surface area contributed by atoms with Gasteiger partial charge >= 0.3 is 23.9 Å². The Morgan fingerprint density at radius 2 is 1.18 bits per heavy atom. The summed E-state index contributed by atoms with van der Waals surface area (Å²) < 4.78 is 19.4. The van der Waals surface area contributed by atoms with Crippen molar-refractivity contribution >= 4 is 29.7 Å². The highest BCUT2D eigenvalue weighted by atomic mass is 16.6. The molecule has 0 fully saturated rings. The molecule has 0 atom stereocenters. The minimum Gasteiger partial charge on any atom is -0.465 e. The van der Waals surface area contributed by atoms with Crippen molar-refractivity contribution in [2.24, 2.45) is 11.3 Å². The van der Waals surface area contributed by atoms with Crippen LogP contribution in [0.25, 0.3) is 0 Å². The molecule has 0 unspecified atom stereocenters. The molecular formula is C24H38O9. The summed E-state index contributed by atoms with van der Waals surface area (Å²) in [5.41, 5.74) is -1.46. The van der Waals surface area contributed by atoms with Crippen molar-refractivity contribution in [3.63, 3.8) is 0 Å². The number of rotatable bonds is 15. The van der Waals surface area contributed by atoms with Crippen LogP contribution < -0.4 is 0 Å². The quantitative estimate of drug-likeness (QED) is 0.153. The van der Waals surface area contributed by atoms with Crippen LogP contribution in [-0.4, -0.2) is 56.1 Å². The van der Waals surface area contributed by atoms with Crippen molar-refractivity contribution in [3.05, 3.63) is 25.3 Å². The fourth-order valence-corrected chi connectivity index (χ4v) is 2.67. The highest BCUT2D eigenvalue weighted by Gasteiger charge is 2.47. The zero-order valence-corrected chi connectivity index (χ0v) is 20.5. The van der Waals surface area contributed by atoms with Crippen LogP contribution in [0.5, 0.6) is 0 Å². The van der Waals surface area contributed by atoms with Gasteiger partial charge in [-0.3, -0.25) is 19.2 Å². The molecule has 9 nitrogen and oxygen atoms in total. The number of allylic oxidation sites excluding steroid dienone is 2. The van der Waals surface area contributed by atoms with Crippen LogP contribution in [0.2, 0.25) is 0 Å². The molecule has 33 heavy (non-hydrogen) atoms. The van der Waals surface area contributed by atoms with Gasteiger partial charge in [-0.05, 0) is 53.9 Å². The minimum atomic E-state index is -1.46. The van der Waals surface area contributed by atoms with E-state index >= 15 is 0 Å². The van der Waals surface area contributed by atoms with E-state index < -0.39 is 35.2 Å². The molecule has 0 saturated carbocycles. The highest BCUT2D eigenvalue weighted by molar-refractivity contribution is 6.00. The second-order valence-corrected chi connectivity index (χ2v) is 6.80. The predicted octanol–water partition coefficient (Wildman–Crippen LogP) is 3.35. The first-order chi connectivity index (χ1) is 15.6. The van der Waals surface area contributed by atoms with Crippen LogP contribution in [0.3, 0.4) is 0 Å². The smallest absolute Gasteiger partial charge is 0.323 e. The number of carbonyl (C=O) groups is 5. The molecule has 0 rings (SSSR count). The molecule has 0 aromatic carbocycles. The molecule has 0 saturated heterocycles. The Hall–Kier alpha value is -2.97. The number of ether oxygens (including phenoxy) is 4. The maximum Gasteiger partial charge on any atom is 0.323 e. The van der Waals surface area contributed by atoms with E-state index in [1.807, 2.05) is 0 Å². The topological polar surface area (TPSA) is 122 Å². The number of Topliss-reactive ketones (excluding diaryl/α,β-unsaturated/α-hetero) is 1. The van der Waals surface area contributed by atoms with Crippen molar-refractivity contribution in [2.45, 2.75) is 60.3 Å². The molecule has 0 aliphatic rings. The molecular weight excluding hydrogens is 432 g/mol. The van der Waals surface area contributed by atoms with E-state index in [2.05, 4.69) is 13.2 Å². The van der Waals surface area contributed by atoms with Gasteiger partial charge in [-0.1, -0.05) is 12.2 Å². The van der Waals surface area contributed by atoms with Crippen molar-refractivity contribution in [1.29, 1.82) is 0 Å². The summed E-state index contributed by atoms with van der Waals surface area (Å²) in [5.74, 6) is -3.38. The summed E-state index contributed by atoms with van der Waals surface area (Å²) in [5, 5.41) is 0. The van der Waals surface area contributed by atoms with Crippen LogP contribution >= 0.6 is 0 Å². The number of hydrogen-bond donors (Lipinski definition) is 0. The zero-order valence-electron chi connectivity index (χ0n) is 20.5. The van der Waals surface area contributed by atoms with Crippen molar-refractivity contribution < 1.29 is 42.9 Å². The largest absolute Gasteiger partial charge is 0.465 e. The first-order valence-corrected chi connectivity index (χ1v) is 11.0. The van der Waals surface area contributed by atoms with Gasteiger partial charge in [0.2, 0.25) is 0 Å². The van der Waals surface area contributed by atoms with Crippen molar-refractivity contribution in [2.75, 3.05) is 26.4 Å². The molecule has 0 amide bonds. The molecule has 0 aromatic heterocycles. The zero-order chi connectivity index (χ0) is 25.9. The Bertz CT molecular complexity index is 631. The van der Waals surface area contributed by atoms with Gasteiger partial charge in [0, 0.05) is 6.42 Å². The number of esters is 4. The Morgan fingerprint density at radius 1 is 0.758 bits per heavy atom. The second kappa shape index (κ2) is 18.6. The van der Waals surface area contributed by atoms with Gasteiger partial charge in [0.1, 0.15) is 5.78 Å². The Labute approximate surface area is 196 Å². The van der Waals surface area contributed by atoms with E-state index in [9.17, 15) is 24.0 Å². The Morgan fingerprint density at radius 3 is 1.48 bits per heavy atom. The molecule has 0 spiro atoms. The first kappa shape index (κ1) is 32.2. The second-order valence-electron chi connectivity index (χ2n) is 6.80. The lowest BCUT2D eigenvalue weighted by Crippen LogP contribution is -2.42. The van der Waals surface area contributed by atoms with E-state index in [0.717, 1.165) is 0 Å². The summed E-state index contributed by atoms with van der Waals surface area (Å²) in [6, 6.07) is 0. The lowest BCUT2D eigenvalue weighted by atomic mass is 9.79. The van der Waals surface area contributed by atoms with E-state index in [4.69, 9.17) is 18.9 Å². The van der Waals surface area contributed by atoms with E-state index in [1.54, 1.807) is 27.7 Å². The van der Waals surface area contributed by atoms with E-state index in [1.165, 1.54) is 19.1 Å². The van der Waals surface area contributed by atoms with Crippen LogP contribution in [0, 0.1) is 11.3 Å². The average molecular weight is 471 g/mol. The van der Waals surface area contributed by atoms with Gasteiger partial charge in [0.25, 0.3) is 0 Å². The molecule has 0 aliphatic heterocycles. The molecule has 0 aliphatic carbocycles. The average Bonchev–Trinajstić information content (AvgIpc) is 2.75. The third-order valence-corrected chi connectivity index (χ3v) is 4.27.